The zero-order valence-corrected chi connectivity index (χ0v) is 20.8. The highest BCUT2D eigenvalue weighted by atomic mass is 32.1. The molecule has 1 heterocycles. The number of nitrogens with one attached hydrogen (secondary N) is 1. The Morgan fingerprint density at radius 2 is 1.88 bits per heavy atom. The van der Waals surface area contributed by atoms with Gasteiger partial charge >= 0.3 is 0 Å². The highest BCUT2D eigenvalue weighted by Crippen LogP contribution is 2.42. The molecule has 34 heavy (non-hydrogen) atoms. The van der Waals surface area contributed by atoms with Crippen LogP contribution in [0.25, 0.3) is 0 Å². The summed E-state index contributed by atoms with van der Waals surface area (Å²) in [6.45, 7) is 4.89. The Labute approximate surface area is 206 Å². The minimum absolute atomic E-state index is 0.0574. The fraction of sp³-hybridized carbons (Fsp3) is 0.379. The number of aliphatic imine (C=N–C) groups is 1. The van der Waals surface area contributed by atoms with E-state index in [-0.39, 0.29) is 5.91 Å². The third-order valence-corrected chi connectivity index (χ3v) is 7.97. The maximum Gasteiger partial charge on any atom is 0.254 e. The van der Waals surface area contributed by atoms with Crippen molar-refractivity contribution < 1.29 is 9.53 Å². The van der Waals surface area contributed by atoms with E-state index in [2.05, 4.69) is 43.4 Å². The third-order valence-electron chi connectivity index (χ3n) is 6.80. The molecular formula is C29H32N2O2S. The van der Waals surface area contributed by atoms with E-state index in [0.717, 1.165) is 65.5 Å². The zero-order valence-electron chi connectivity index (χ0n) is 20.0. The van der Waals surface area contributed by atoms with Crippen molar-refractivity contribution in [2.45, 2.75) is 65.0 Å². The number of rotatable bonds is 8. The Morgan fingerprint density at radius 1 is 1.12 bits per heavy atom. The van der Waals surface area contributed by atoms with Crippen molar-refractivity contribution in [1.29, 1.82) is 0 Å². The number of thiophene rings is 1. The summed E-state index contributed by atoms with van der Waals surface area (Å²) in [4.78, 5) is 19.2. The van der Waals surface area contributed by atoms with Gasteiger partial charge in [0.05, 0.1) is 5.56 Å². The monoisotopic (exact) mass is 472 g/mol. The number of carbonyl (C=O) groups excluding carboxylic acids is 1. The Morgan fingerprint density at radius 3 is 2.59 bits per heavy atom. The molecular weight excluding hydrogens is 440 g/mol. The largest absolute Gasteiger partial charge is 0.489 e. The molecule has 176 valence electrons. The first kappa shape index (κ1) is 22.9. The van der Waals surface area contributed by atoms with Crippen molar-refractivity contribution in [3.05, 3.63) is 81.2 Å². The lowest BCUT2D eigenvalue weighted by Gasteiger charge is -2.21. The van der Waals surface area contributed by atoms with Crippen molar-refractivity contribution in [2.75, 3.05) is 0 Å². The van der Waals surface area contributed by atoms with E-state index in [9.17, 15) is 4.79 Å². The van der Waals surface area contributed by atoms with Gasteiger partial charge in [0.25, 0.3) is 5.91 Å². The summed E-state index contributed by atoms with van der Waals surface area (Å²) < 4.78 is 5.92. The van der Waals surface area contributed by atoms with Crippen molar-refractivity contribution in [1.82, 2.24) is 5.32 Å². The fourth-order valence-electron chi connectivity index (χ4n) is 4.43. The minimum Gasteiger partial charge on any atom is -0.489 e. The summed E-state index contributed by atoms with van der Waals surface area (Å²) in [7, 11) is 0. The molecule has 2 aromatic carbocycles. The number of carbonyl (C=O) groups is 1. The molecule has 5 heteroatoms. The van der Waals surface area contributed by atoms with Gasteiger partial charge < -0.3 is 10.1 Å². The van der Waals surface area contributed by atoms with E-state index in [4.69, 9.17) is 9.73 Å². The quantitative estimate of drug-likeness (QED) is 0.367. The van der Waals surface area contributed by atoms with Crippen LogP contribution >= 0.6 is 11.3 Å². The molecule has 0 saturated heterocycles. The van der Waals surface area contributed by atoms with Crippen LogP contribution in [-0.4, -0.2) is 18.2 Å². The van der Waals surface area contributed by atoms with Gasteiger partial charge in [-0.2, -0.15) is 0 Å². The van der Waals surface area contributed by atoms with Crippen LogP contribution in [-0.2, 0) is 19.4 Å². The lowest BCUT2D eigenvalue weighted by Crippen LogP contribution is -2.26. The fourth-order valence-corrected chi connectivity index (χ4v) is 5.74. The molecule has 1 fully saturated rings. The summed E-state index contributed by atoms with van der Waals surface area (Å²) in [6, 6.07) is 16.7. The Kier molecular flexibility index (Phi) is 6.82. The predicted molar refractivity (Wildman–Crippen MR) is 140 cm³/mol. The number of amides is 1. The molecule has 2 aliphatic rings. The van der Waals surface area contributed by atoms with E-state index in [0.29, 0.717) is 12.6 Å². The lowest BCUT2D eigenvalue weighted by atomic mass is 9.85. The zero-order chi connectivity index (χ0) is 23.5. The molecule has 0 unspecified atom stereocenters. The van der Waals surface area contributed by atoms with Crippen LogP contribution in [0.4, 0.5) is 5.00 Å². The molecule has 5 rings (SSSR count). The van der Waals surface area contributed by atoms with Gasteiger partial charge in [-0.25, -0.2) is 4.99 Å². The minimum atomic E-state index is 0.0574. The standard InChI is InChI=1S/C29H32N2O2S/c1-3-20-10-15-25-26(16-20)34-29(27(25)28(32)31-23-11-12-23)30-17-21-8-13-24(14-9-21)33-18-22-6-4-19(2)5-7-22/h4-9,13-14,17,20,23H,3,10-12,15-16,18H2,1-2H3,(H,31,32)/t20-/m0/s1. The average molecular weight is 473 g/mol. The van der Waals surface area contributed by atoms with Gasteiger partial charge in [-0.15, -0.1) is 11.3 Å². The van der Waals surface area contributed by atoms with Crippen LogP contribution in [0.15, 0.2) is 53.5 Å². The molecule has 1 amide bonds. The van der Waals surface area contributed by atoms with Gasteiger partial charge in [0.1, 0.15) is 17.4 Å². The molecule has 0 radical (unpaired) electrons. The summed E-state index contributed by atoms with van der Waals surface area (Å²) in [5.41, 5.74) is 5.45. The number of ether oxygens (including phenoxy) is 1. The second kappa shape index (κ2) is 10.1. The van der Waals surface area contributed by atoms with Crippen LogP contribution in [0.5, 0.6) is 5.75 Å². The smallest absolute Gasteiger partial charge is 0.254 e. The van der Waals surface area contributed by atoms with Crippen LogP contribution < -0.4 is 10.1 Å². The number of hydrogen-bond donors (Lipinski definition) is 1. The first-order chi connectivity index (χ1) is 16.6. The molecule has 4 nitrogen and oxygen atoms in total. The molecule has 1 aromatic heterocycles. The highest BCUT2D eigenvalue weighted by molar-refractivity contribution is 7.16. The van der Waals surface area contributed by atoms with Gasteiger partial charge in [-0.05, 0) is 85.9 Å². The number of fused-ring (bicyclic) bond motifs is 1. The van der Waals surface area contributed by atoms with E-state index < -0.39 is 0 Å². The molecule has 1 atom stereocenters. The van der Waals surface area contributed by atoms with Gasteiger partial charge in [0.15, 0.2) is 0 Å². The second-order valence-electron chi connectivity index (χ2n) is 9.55. The van der Waals surface area contributed by atoms with Gasteiger partial charge in [0, 0.05) is 17.1 Å². The molecule has 2 aliphatic carbocycles. The topological polar surface area (TPSA) is 50.7 Å². The maximum atomic E-state index is 13.1. The Hall–Kier alpha value is -2.92. The first-order valence-electron chi connectivity index (χ1n) is 12.4. The molecule has 1 N–H and O–H groups in total. The Balaban J connectivity index is 1.30. The van der Waals surface area contributed by atoms with E-state index in [1.165, 1.54) is 22.4 Å². The van der Waals surface area contributed by atoms with E-state index in [1.807, 2.05) is 30.5 Å². The van der Waals surface area contributed by atoms with Crippen LogP contribution in [0.1, 0.15) is 70.1 Å². The molecule has 3 aromatic rings. The van der Waals surface area contributed by atoms with Crippen LogP contribution in [0.3, 0.4) is 0 Å². The lowest BCUT2D eigenvalue weighted by molar-refractivity contribution is 0.0951. The van der Waals surface area contributed by atoms with Crippen molar-refractivity contribution in [3.63, 3.8) is 0 Å². The average Bonchev–Trinajstić information content (AvgIpc) is 3.59. The molecule has 0 spiro atoms. The summed E-state index contributed by atoms with van der Waals surface area (Å²) in [5, 5.41) is 4.03. The van der Waals surface area contributed by atoms with Gasteiger partial charge in [0.2, 0.25) is 0 Å². The highest BCUT2D eigenvalue weighted by Gasteiger charge is 2.31. The van der Waals surface area contributed by atoms with Crippen LogP contribution in [0, 0.1) is 12.8 Å². The maximum absolute atomic E-state index is 13.1. The summed E-state index contributed by atoms with van der Waals surface area (Å²) in [6.07, 6.45) is 8.46. The van der Waals surface area contributed by atoms with Crippen LogP contribution in [0.2, 0.25) is 0 Å². The third kappa shape index (κ3) is 5.41. The summed E-state index contributed by atoms with van der Waals surface area (Å²) in [5.74, 6) is 1.61. The number of benzene rings is 2. The SMILES string of the molecule is CC[C@H]1CCc2c(sc(N=Cc3ccc(OCc4ccc(C)cc4)cc3)c2C(=O)NC2CC2)C1. The van der Waals surface area contributed by atoms with Gasteiger partial charge in [-0.3, -0.25) is 4.79 Å². The second-order valence-corrected chi connectivity index (χ2v) is 10.6. The Bertz CT molecular complexity index is 1170. The van der Waals surface area contributed by atoms with E-state index >= 15 is 0 Å². The summed E-state index contributed by atoms with van der Waals surface area (Å²) >= 11 is 1.70. The van der Waals surface area contributed by atoms with Crippen molar-refractivity contribution in [2.24, 2.45) is 10.9 Å². The van der Waals surface area contributed by atoms with Crippen molar-refractivity contribution >= 4 is 28.5 Å². The molecule has 1 saturated carbocycles. The van der Waals surface area contributed by atoms with Gasteiger partial charge in [-0.1, -0.05) is 43.2 Å². The predicted octanol–water partition coefficient (Wildman–Crippen LogP) is 6.79. The van der Waals surface area contributed by atoms with E-state index in [1.54, 1.807) is 11.3 Å². The molecule has 0 aliphatic heterocycles. The first-order valence-corrected chi connectivity index (χ1v) is 13.2. The molecule has 0 bridgehead atoms. The normalized spacial score (nSPS) is 17.5. The number of hydrogen-bond acceptors (Lipinski definition) is 4. The number of nitrogens with zero attached hydrogens (tertiary/aromatic N) is 1. The number of aryl methyl sites for hydroxylation is 1. The van der Waals surface area contributed by atoms with Crippen molar-refractivity contribution in [3.8, 4) is 5.75 Å².